The summed E-state index contributed by atoms with van der Waals surface area (Å²) in [7, 11) is 0. The standard InChI is InChI=1S/C8H13F/c1-3-4-5-6-7-8(2)9/h6-7H,2-5H2,1H3/b7-6+. The van der Waals surface area contributed by atoms with Crippen molar-refractivity contribution >= 4 is 0 Å². The zero-order chi connectivity index (χ0) is 7.11. The first-order valence-electron chi connectivity index (χ1n) is 3.28. The van der Waals surface area contributed by atoms with Crippen LogP contribution in [0.3, 0.4) is 0 Å². The molecule has 0 aliphatic heterocycles. The van der Waals surface area contributed by atoms with E-state index >= 15 is 0 Å². The van der Waals surface area contributed by atoms with Crippen LogP contribution in [0.4, 0.5) is 4.39 Å². The van der Waals surface area contributed by atoms with Gasteiger partial charge in [-0.25, -0.2) is 4.39 Å². The maximum absolute atomic E-state index is 11.8. The maximum Gasteiger partial charge on any atom is 0.115 e. The van der Waals surface area contributed by atoms with Gasteiger partial charge < -0.3 is 0 Å². The predicted molar refractivity (Wildman–Crippen MR) is 38.9 cm³/mol. The summed E-state index contributed by atoms with van der Waals surface area (Å²) in [6, 6.07) is 0. The van der Waals surface area contributed by atoms with Gasteiger partial charge in [0, 0.05) is 0 Å². The fourth-order valence-electron chi connectivity index (χ4n) is 0.533. The quantitative estimate of drug-likeness (QED) is 0.403. The molecule has 0 bridgehead atoms. The molecule has 0 unspecified atom stereocenters. The van der Waals surface area contributed by atoms with Crippen LogP contribution in [0.15, 0.2) is 24.6 Å². The molecule has 0 aliphatic rings. The van der Waals surface area contributed by atoms with E-state index in [0.717, 1.165) is 19.3 Å². The second-order valence-corrected chi connectivity index (χ2v) is 1.99. The van der Waals surface area contributed by atoms with Gasteiger partial charge in [0.25, 0.3) is 0 Å². The van der Waals surface area contributed by atoms with Crippen LogP contribution >= 0.6 is 0 Å². The van der Waals surface area contributed by atoms with Crippen molar-refractivity contribution < 1.29 is 4.39 Å². The minimum absolute atomic E-state index is 0.355. The monoisotopic (exact) mass is 128 g/mol. The van der Waals surface area contributed by atoms with Crippen molar-refractivity contribution in [2.24, 2.45) is 0 Å². The van der Waals surface area contributed by atoms with Gasteiger partial charge in [0.1, 0.15) is 5.83 Å². The Balaban J connectivity index is 3.15. The molecule has 1 heteroatoms. The molecule has 0 rings (SSSR count). The Kier molecular flexibility index (Phi) is 5.18. The summed E-state index contributed by atoms with van der Waals surface area (Å²) in [5, 5.41) is 0. The molecule has 0 spiro atoms. The third-order valence-corrected chi connectivity index (χ3v) is 1.02. The van der Waals surface area contributed by atoms with Crippen LogP contribution in [0.1, 0.15) is 26.2 Å². The predicted octanol–water partition coefficient (Wildman–Crippen LogP) is 3.22. The zero-order valence-electron chi connectivity index (χ0n) is 5.86. The average Bonchev–Trinajstić information content (AvgIpc) is 1.80. The maximum atomic E-state index is 11.8. The smallest absolute Gasteiger partial charge is 0.115 e. The summed E-state index contributed by atoms with van der Waals surface area (Å²) in [4.78, 5) is 0. The molecule has 0 radical (unpaired) electrons. The SMILES string of the molecule is C=C(F)/C=C/CCCC. The molecule has 0 N–H and O–H groups in total. The second-order valence-electron chi connectivity index (χ2n) is 1.99. The average molecular weight is 128 g/mol. The Hall–Kier alpha value is -0.590. The highest BCUT2D eigenvalue weighted by molar-refractivity contribution is 5.05. The third-order valence-electron chi connectivity index (χ3n) is 1.02. The van der Waals surface area contributed by atoms with E-state index in [0.29, 0.717) is 0 Å². The van der Waals surface area contributed by atoms with Crippen molar-refractivity contribution in [3.63, 3.8) is 0 Å². The summed E-state index contributed by atoms with van der Waals surface area (Å²) < 4.78 is 11.8. The minimum atomic E-state index is -0.355. The van der Waals surface area contributed by atoms with Gasteiger partial charge in [-0.05, 0) is 12.5 Å². The largest absolute Gasteiger partial charge is 0.208 e. The number of hydrogen-bond acceptors (Lipinski definition) is 0. The van der Waals surface area contributed by atoms with Gasteiger partial charge >= 0.3 is 0 Å². The van der Waals surface area contributed by atoms with Crippen molar-refractivity contribution in [1.29, 1.82) is 0 Å². The molecule has 0 saturated heterocycles. The van der Waals surface area contributed by atoms with Crippen LogP contribution in [0.5, 0.6) is 0 Å². The van der Waals surface area contributed by atoms with E-state index in [1.165, 1.54) is 6.08 Å². The number of hydrogen-bond donors (Lipinski definition) is 0. The molecular formula is C8H13F. The summed E-state index contributed by atoms with van der Waals surface area (Å²) in [6.45, 7) is 5.21. The van der Waals surface area contributed by atoms with Crippen molar-refractivity contribution in [2.75, 3.05) is 0 Å². The first-order chi connectivity index (χ1) is 4.27. The van der Waals surface area contributed by atoms with Gasteiger partial charge in [0.15, 0.2) is 0 Å². The molecule has 0 heterocycles. The third kappa shape index (κ3) is 7.41. The number of halogens is 1. The Labute approximate surface area is 56.1 Å². The Morgan fingerprint density at radius 3 is 2.78 bits per heavy atom. The van der Waals surface area contributed by atoms with E-state index in [4.69, 9.17) is 0 Å². The fourth-order valence-corrected chi connectivity index (χ4v) is 0.533. The van der Waals surface area contributed by atoms with Crippen molar-refractivity contribution in [1.82, 2.24) is 0 Å². The first kappa shape index (κ1) is 8.41. The summed E-state index contributed by atoms with van der Waals surface area (Å²) in [5.74, 6) is -0.355. The number of rotatable bonds is 4. The molecule has 0 aromatic rings. The molecule has 9 heavy (non-hydrogen) atoms. The van der Waals surface area contributed by atoms with Crippen LogP contribution in [-0.2, 0) is 0 Å². The van der Waals surface area contributed by atoms with E-state index in [1.54, 1.807) is 0 Å². The van der Waals surface area contributed by atoms with Gasteiger partial charge in [-0.2, -0.15) is 0 Å². The topological polar surface area (TPSA) is 0 Å². The van der Waals surface area contributed by atoms with Gasteiger partial charge in [0.2, 0.25) is 0 Å². The Bertz CT molecular complexity index is 103. The molecule has 0 aliphatic carbocycles. The highest BCUT2D eigenvalue weighted by atomic mass is 19.1. The van der Waals surface area contributed by atoms with E-state index in [1.807, 2.05) is 6.08 Å². The zero-order valence-corrected chi connectivity index (χ0v) is 5.86. The highest BCUT2D eigenvalue weighted by Gasteiger charge is 1.79. The fraction of sp³-hybridized carbons (Fsp3) is 0.500. The van der Waals surface area contributed by atoms with Gasteiger partial charge in [0.05, 0.1) is 0 Å². The number of unbranched alkanes of at least 4 members (excludes halogenated alkanes) is 2. The summed E-state index contributed by atoms with van der Waals surface area (Å²) in [6.07, 6.45) is 6.47. The molecular weight excluding hydrogens is 115 g/mol. The normalized spacial score (nSPS) is 10.4. The van der Waals surface area contributed by atoms with Crippen LogP contribution in [-0.4, -0.2) is 0 Å². The van der Waals surface area contributed by atoms with E-state index in [-0.39, 0.29) is 5.83 Å². The van der Waals surface area contributed by atoms with E-state index in [2.05, 4.69) is 13.5 Å². The summed E-state index contributed by atoms with van der Waals surface area (Å²) in [5.41, 5.74) is 0. The molecule has 0 atom stereocenters. The lowest BCUT2D eigenvalue weighted by molar-refractivity contribution is 0.669. The van der Waals surface area contributed by atoms with Gasteiger partial charge in [-0.15, -0.1) is 0 Å². The molecule has 0 aromatic heterocycles. The van der Waals surface area contributed by atoms with Crippen LogP contribution in [0, 0.1) is 0 Å². The Morgan fingerprint density at radius 2 is 2.33 bits per heavy atom. The lowest BCUT2D eigenvalue weighted by atomic mass is 10.2. The molecule has 0 aromatic carbocycles. The first-order valence-corrected chi connectivity index (χ1v) is 3.28. The number of allylic oxidation sites excluding steroid dienone is 3. The van der Waals surface area contributed by atoms with Gasteiger partial charge in [-0.1, -0.05) is 32.4 Å². The van der Waals surface area contributed by atoms with Crippen molar-refractivity contribution in [3.05, 3.63) is 24.6 Å². The minimum Gasteiger partial charge on any atom is -0.208 e. The molecule has 0 nitrogen and oxygen atoms in total. The van der Waals surface area contributed by atoms with Crippen LogP contribution in [0.2, 0.25) is 0 Å². The molecule has 0 saturated carbocycles. The van der Waals surface area contributed by atoms with Crippen LogP contribution < -0.4 is 0 Å². The Morgan fingerprint density at radius 1 is 1.67 bits per heavy atom. The molecule has 0 amide bonds. The summed E-state index contributed by atoms with van der Waals surface area (Å²) >= 11 is 0. The highest BCUT2D eigenvalue weighted by Crippen LogP contribution is 1.98. The lowest BCUT2D eigenvalue weighted by Crippen LogP contribution is -1.66. The van der Waals surface area contributed by atoms with Gasteiger partial charge in [-0.3, -0.25) is 0 Å². The molecule has 0 fully saturated rings. The van der Waals surface area contributed by atoms with Crippen molar-refractivity contribution in [3.8, 4) is 0 Å². The second kappa shape index (κ2) is 5.54. The van der Waals surface area contributed by atoms with Crippen LogP contribution in [0.25, 0.3) is 0 Å². The lowest BCUT2D eigenvalue weighted by Gasteiger charge is -1.85. The molecule has 52 valence electrons. The van der Waals surface area contributed by atoms with E-state index in [9.17, 15) is 4.39 Å². The van der Waals surface area contributed by atoms with Crippen molar-refractivity contribution in [2.45, 2.75) is 26.2 Å². The van der Waals surface area contributed by atoms with E-state index < -0.39 is 0 Å².